The number of hydrogen-bond donors (Lipinski definition) is 1. The molecule has 0 spiro atoms. The fourth-order valence-electron chi connectivity index (χ4n) is 2.55. The minimum atomic E-state index is -0.914. The zero-order valence-electron chi connectivity index (χ0n) is 13.4. The zero-order chi connectivity index (χ0) is 17.3. The molecule has 124 valence electrons. The number of nitrogens with one attached hydrogen (secondary N) is 1. The van der Waals surface area contributed by atoms with Crippen LogP contribution in [0.25, 0.3) is 22.1 Å². The van der Waals surface area contributed by atoms with Gasteiger partial charge in [0.2, 0.25) is 0 Å². The molecule has 3 aromatic rings. The summed E-state index contributed by atoms with van der Waals surface area (Å²) in [6, 6.07) is 8.78. The second-order valence-corrected chi connectivity index (χ2v) is 6.06. The minimum absolute atomic E-state index is 0.222. The first-order chi connectivity index (χ1) is 11.5. The average molecular weight is 329 g/mol. The molecule has 1 heterocycles. The first-order valence-corrected chi connectivity index (χ1v) is 7.71. The van der Waals surface area contributed by atoms with Crippen molar-refractivity contribution in [1.29, 1.82) is 0 Å². The molecule has 0 bridgehead atoms. The minimum Gasteiger partial charge on any atom is -0.463 e. The van der Waals surface area contributed by atoms with Crippen LogP contribution in [0.2, 0.25) is 0 Å². The molecule has 2 aromatic carbocycles. The van der Waals surface area contributed by atoms with Gasteiger partial charge in [0.1, 0.15) is 5.58 Å². The molecule has 0 saturated carbocycles. The Bertz CT molecular complexity index is 900. The standard InChI is InChI=1S/C19H17F2NO2/c1-11(2)10-22-19(23)15-5-4-13(14-7-8-24-18(14)15)12-3-6-16(20)17(21)9-12/h3-9,11H,10H2,1-2H3,(H,22,23). The Labute approximate surface area is 138 Å². The van der Waals surface area contributed by atoms with E-state index in [0.29, 0.717) is 40.1 Å². The van der Waals surface area contributed by atoms with Gasteiger partial charge in [-0.05, 0) is 41.3 Å². The number of hydrogen-bond acceptors (Lipinski definition) is 2. The molecule has 1 aromatic heterocycles. The Balaban J connectivity index is 2.04. The van der Waals surface area contributed by atoms with E-state index in [1.807, 2.05) is 13.8 Å². The molecule has 3 nitrogen and oxygen atoms in total. The van der Waals surface area contributed by atoms with E-state index in [1.54, 1.807) is 18.2 Å². The Hall–Kier alpha value is -2.69. The molecule has 0 aliphatic heterocycles. The molecule has 1 N–H and O–H groups in total. The average Bonchev–Trinajstić information content (AvgIpc) is 3.04. The summed E-state index contributed by atoms with van der Waals surface area (Å²) in [5, 5.41) is 3.53. The molecular weight excluding hydrogens is 312 g/mol. The van der Waals surface area contributed by atoms with Crippen LogP contribution in [0.1, 0.15) is 24.2 Å². The van der Waals surface area contributed by atoms with Gasteiger partial charge in [0.05, 0.1) is 11.8 Å². The highest BCUT2D eigenvalue weighted by atomic mass is 19.2. The van der Waals surface area contributed by atoms with Crippen molar-refractivity contribution in [2.24, 2.45) is 5.92 Å². The molecule has 0 saturated heterocycles. The maximum Gasteiger partial charge on any atom is 0.255 e. The lowest BCUT2D eigenvalue weighted by atomic mass is 9.99. The Morgan fingerprint density at radius 1 is 1.12 bits per heavy atom. The highest BCUT2D eigenvalue weighted by Crippen LogP contribution is 2.32. The van der Waals surface area contributed by atoms with Crippen molar-refractivity contribution in [2.75, 3.05) is 6.54 Å². The number of amides is 1. The lowest BCUT2D eigenvalue weighted by Gasteiger charge is -2.10. The number of benzene rings is 2. The molecule has 3 rings (SSSR count). The summed E-state index contributed by atoms with van der Waals surface area (Å²) in [6.45, 7) is 4.58. The maximum absolute atomic E-state index is 13.5. The van der Waals surface area contributed by atoms with E-state index < -0.39 is 11.6 Å². The quantitative estimate of drug-likeness (QED) is 0.749. The zero-order valence-corrected chi connectivity index (χ0v) is 13.4. The van der Waals surface area contributed by atoms with E-state index in [9.17, 15) is 13.6 Å². The van der Waals surface area contributed by atoms with Gasteiger partial charge < -0.3 is 9.73 Å². The van der Waals surface area contributed by atoms with Crippen LogP contribution in [0, 0.1) is 17.6 Å². The molecule has 0 fully saturated rings. The smallest absolute Gasteiger partial charge is 0.255 e. The molecule has 0 radical (unpaired) electrons. The monoisotopic (exact) mass is 329 g/mol. The third-order valence-electron chi connectivity index (χ3n) is 3.76. The van der Waals surface area contributed by atoms with Crippen LogP contribution in [0.4, 0.5) is 8.78 Å². The van der Waals surface area contributed by atoms with Crippen molar-refractivity contribution in [3.05, 3.63) is 59.9 Å². The van der Waals surface area contributed by atoms with Crippen LogP contribution < -0.4 is 5.32 Å². The van der Waals surface area contributed by atoms with Crippen LogP contribution in [0.3, 0.4) is 0 Å². The lowest BCUT2D eigenvalue weighted by molar-refractivity contribution is 0.0949. The Morgan fingerprint density at radius 3 is 2.62 bits per heavy atom. The Morgan fingerprint density at radius 2 is 1.92 bits per heavy atom. The molecular formula is C19H17F2NO2. The summed E-state index contributed by atoms with van der Waals surface area (Å²) in [7, 11) is 0. The number of carbonyl (C=O) groups is 1. The van der Waals surface area contributed by atoms with E-state index in [2.05, 4.69) is 5.32 Å². The van der Waals surface area contributed by atoms with E-state index in [1.165, 1.54) is 12.3 Å². The topological polar surface area (TPSA) is 42.2 Å². The van der Waals surface area contributed by atoms with Gasteiger partial charge in [-0.3, -0.25) is 4.79 Å². The van der Waals surface area contributed by atoms with Crippen molar-refractivity contribution < 1.29 is 18.0 Å². The second-order valence-electron chi connectivity index (χ2n) is 6.06. The molecule has 0 aliphatic rings. The summed E-state index contributed by atoms with van der Waals surface area (Å²) < 4.78 is 32.1. The number of furan rings is 1. The van der Waals surface area contributed by atoms with Gasteiger partial charge in [-0.1, -0.05) is 26.0 Å². The predicted molar refractivity (Wildman–Crippen MR) is 88.7 cm³/mol. The lowest BCUT2D eigenvalue weighted by Crippen LogP contribution is -2.27. The van der Waals surface area contributed by atoms with Gasteiger partial charge in [-0.2, -0.15) is 0 Å². The van der Waals surface area contributed by atoms with E-state index >= 15 is 0 Å². The fraction of sp³-hybridized carbons (Fsp3) is 0.211. The largest absolute Gasteiger partial charge is 0.463 e. The Kier molecular flexibility index (Phi) is 4.34. The highest BCUT2D eigenvalue weighted by molar-refractivity contribution is 6.08. The van der Waals surface area contributed by atoms with Crippen molar-refractivity contribution in [3.63, 3.8) is 0 Å². The van der Waals surface area contributed by atoms with Gasteiger partial charge in [-0.15, -0.1) is 0 Å². The molecule has 1 amide bonds. The molecule has 0 aliphatic carbocycles. The van der Waals surface area contributed by atoms with E-state index in [4.69, 9.17) is 4.42 Å². The van der Waals surface area contributed by atoms with Gasteiger partial charge in [0.15, 0.2) is 11.6 Å². The van der Waals surface area contributed by atoms with Crippen LogP contribution in [0.5, 0.6) is 0 Å². The third kappa shape index (κ3) is 3.02. The van der Waals surface area contributed by atoms with Crippen LogP contribution in [-0.2, 0) is 0 Å². The summed E-state index contributed by atoms with van der Waals surface area (Å²) in [6.07, 6.45) is 1.48. The number of carbonyl (C=O) groups excluding carboxylic acids is 1. The van der Waals surface area contributed by atoms with Crippen LogP contribution in [0.15, 0.2) is 47.1 Å². The van der Waals surface area contributed by atoms with Crippen molar-refractivity contribution in [2.45, 2.75) is 13.8 Å². The summed E-state index contributed by atoms with van der Waals surface area (Å²) >= 11 is 0. The first kappa shape index (κ1) is 16.2. The van der Waals surface area contributed by atoms with Crippen LogP contribution in [-0.4, -0.2) is 12.5 Å². The highest BCUT2D eigenvalue weighted by Gasteiger charge is 2.17. The molecule has 0 atom stereocenters. The summed E-state index contributed by atoms with van der Waals surface area (Å²) in [4.78, 5) is 12.3. The van der Waals surface area contributed by atoms with Crippen LogP contribution >= 0.6 is 0 Å². The third-order valence-corrected chi connectivity index (χ3v) is 3.76. The number of halogens is 2. The second kappa shape index (κ2) is 6.43. The van der Waals surface area contributed by atoms with Gasteiger partial charge in [0.25, 0.3) is 5.91 Å². The van der Waals surface area contributed by atoms with Crippen molar-refractivity contribution >= 4 is 16.9 Å². The SMILES string of the molecule is CC(C)CNC(=O)c1ccc(-c2ccc(F)c(F)c2)c2ccoc12. The van der Waals surface area contributed by atoms with Crippen molar-refractivity contribution in [1.82, 2.24) is 5.32 Å². The van der Waals surface area contributed by atoms with E-state index in [-0.39, 0.29) is 5.91 Å². The van der Waals surface area contributed by atoms with Gasteiger partial charge in [0, 0.05) is 11.9 Å². The molecule has 5 heteroatoms. The fourth-order valence-corrected chi connectivity index (χ4v) is 2.55. The maximum atomic E-state index is 13.5. The van der Waals surface area contributed by atoms with E-state index in [0.717, 1.165) is 12.1 Å². The normalized spacial score (nSPS) is 11.2. The van der Waals surface area contributed by atoms with Crippen molar-refractivity contribution in [3.8, 4) is 11.1 Å². The first-order valence-electron chi connectivity index (χ1n) is 7.71. The number of fused-ring (bicyclic) bond motifs is 1. The molecule has 0 unspecified atom stereocenters. The number of rotatable bonds is 4. The molecule has 24 heavy (non-hydrogen) atoms. The van der Waals surface area contributed by atoms with Gasteiger partial charge >= 0.3 is 0 Å². The summed E-state index contributed by atoms with van der Waals surface area (Å²) in [5.41, 5.74) is 2.05. The van der Waals surface area contributed by atoms with Gasteiger partial charge in [-0.25, -0.2) is 8.78 Å². The predicted octanol–water partition coefficient (Wildman–Crippen LogP) is 4.76. The summed E-state index contributed by atoms with van der Waals surface area (Å²) in [5.74, 6) is -1.70.